The monoisotopic (exact) mass is 234 g/mol. The molecule has 0 aromatic rings. The Morgan fingerprint density at radius 1 is 0.765 bits per heavy atom. The third-order valence-electron chi connectivity index (χ3n) is 4.50. The van der Waals surface area contributed by atoms with Gasteiger partial charge in [-0.1, -0.05) is 63.9 Å². The fraction of sp³-hybridized carbons (Fsp3) is 0.812. The fourth-order valence-electron chi connectivity index (χ4n) is 3.39. The van der Waals surface area contributed by atoms with Gasteiger partial charge in [-0.15, -0.1) is 0 Å². The first-order chi connectivity index (χ1) is 8.31. The van der Waals surface area contributed by atoms with Gasteiger partial charge < -0.3 is 0 Å². The molecule has 0 heterocycles. The van der Waals surface area contributed by atoms with E-state index in [-0.39, 0.29) is 5.41 Å². The number of carbonyl (C=O) groups is 1. The van der Waals surface area contributed by atoms with E-state index in [1.807, 2.05) is 6.08 Å². The Morgan fingerprint density at radius 3 is 1.65 bits per heavy atom. The predicted octanol–water partition coefficient (Wildman–Crippen LogP) is 4.81. The topological polar surface area (TPSA) is 17.1 Å². The lowest BCUT2D eigenvalue weighted by Gasteiger charge is -2.27. The minimum absolute atomic E-state index is 0.260. The van der Waals surface area contributed by atoms with Gasteiger partial charge in [-0.25, -0.2) is 0 Å². The summed E-state index contributed by atoms with van der Waals surface area (Å²) < 4.78 is 0. The van der Waals surface area contributed by atoms with Gasteiger partial charge in [-0.2, -0.15) is 0 Å². The minimum Gasteiger partial charge on any atom is -0.295 e. The molecule has 17 heavy (non-hydrogen) atoms. The summed E-state index contributed by atoms with van der Waals surface area (Å²) in [6, 6.07) is 0. The van der Waals surface area contributed by atoms with Gasteiger partial charge >= 0.3 is 0 Å². The van der Waals surface area contributed by atoms with E-state index in [0.29, 0.717) is 5.78 Å². The Bertz CT molecular complexity index is 265. The molecule has 0 aromatic heterocycles. The van der Waals surface area contributed by atoms with Crippen LogP contribution >= 0.6 is 0 Å². The second-order valence-electron chi connectivity index (χ2n) is 6.02. The van der Waals surface area contributed by atoms with Crippen molar-refractivity contribution < 1.29 is 4.79 Å². The quantitative estimate of drug-likeness (QED) is 0.588. The maximum absolute atomic E-state index is 11.5. The average molecular weight is 234 g/mol. The highest BCUT2D eigenvalue weighted by Crippen LogP contribution is 2.40. The van der Waals surface area contributed by atoms with Crippen molar-refractivity contribution in [2.45, 2.75) is 77.0 Å². The normalized spacial score (nSPS) is 26.7. The number of hydrogen-bond donors (Lipinski definition) is 0. The Morgan fingerprint density at radius 2 is 1.24 bits per heavy atom. The summed E-state index contributed by atoms with van der Waals surface area (Å²) >= 11 is 0. The molecule has 0 radical (unpaired) electrons. The molecule has 0 saturated heterocycles. The zero-order chi connectivity index (χ0) is 12.0. The number of carbonyl (C=O) groups excluding carboxylic acids is 1. The van der Waals surface area contributed by atoms with Crippen molar-refractivity contribution in [2.24, 2.45) is 5.41 Å². The van der Waals surface area contributed by atoms with Crippen LogP contribution < -0.4 is 0 Å². The molecule has 0 amide bonds. The first kappa shape index (κ1) is 12.9. The molecule has 2 aliphatic rings. The molecule has 0 unspecified atom stereocenters. The predicted molar refractivity (Wildman–Crippen MR) is 72.0 cm³/mol. The molecule has 1 fully saturated rings. The first-order valence-electron chi connectivity index (χ1n) is 7.53. The van der Waals surface area contributed by atoms with Gasteiger partial charge in [-0.05, 0) is 24.3 Å². The number of allylic oxidation sites excluding steroid dienone is 2. The van der Waals surface area contributed by atoms with Crippen LogP contribution in [0.1, 0.15) is 77.0 Å². The van der Waals surface area contributed by atoms with E-state index < -0.39 is 0 Å². The van der Waals surface area contributed by atoms with Crippen molar-refractivity contribution in [2.75, 3.05) is 0 Å². The van der Waals surface area contributed by atoms with E-state index in [9.17, 15) is 4.79 Å². The molecule has 0 aliphatic heterocycles. The third kappa shape index (κ3) is 3.97. The zero-order valence-corrected chi connectivity index (χ0v) is 11.0. The summed E-state index contributed by atoms with van der Waals surface area (Å²) in [5.74, 6) is 0.358. The SMILES string of the molecule is O=C1C=CC2(CCCCCCCCCCC2)C1. The molecule has 1 heteroatoms. The highest BCUT2D eigenvalue weighted by molar-refractivity contribution is 5.93. The first-order valence-corrected chi connectivity index (χ1v) is 7.53. The van der Waals surface area contributed by atoms with Crippen LogP contribution in [0.15, 0.2) is 12.2 Å². The zero-order valence-electron chi connectivity index (χ0n) is 11.0. The molecule has 0 bridgehead atoms. The van der Waals surface area contributed by atoms with Crippen molar-refractivity contribution in [3.05, 3.63) is 12.2 Å². The molecular formula is C16H26O. The molecule has 0 atom stereocenters. The van der Waals surface area contributed by atoms with Gasteiger partial charge in [0, 0.05) is 6.42 Å². The molecule has 1 spiro atoms. The maximum Gasteiger partial charge on any atom is 0.156 e. The van der Waals surface area contributed by atoms with Gasteiger partial charge in [0.15, 0.2) is 5.78 Å². The second-order valence-corrected chi connectivity index (χ2v) is 6.02. The minimum atomic E-state index is 0.260. The molecule has 1 nitrogen and oxygen atoms in total. The van der Waals surface area contributed by atoms with E-state index in [4.69, 9.17) is 0 Å². The van der Waals surface area contributed by atoms with Crippen molar-refractivity contribution in [1.29, 1.82) is 0 Å². The summed E-state index contributed by atoms with van der Waals surface area (Å²) in [7, 11) is 0. The third-order valence-corrected chi connectivity index (χ3v) is 4.50. The fourth-order valence-corrected chi connectivity index (χ4v) is 3.39. The van der Waals surface area contributed by atoms with E-state index in [1.54, 1.807) is 0 Å². The maximum atomic E-state index is 11.5. The van der Waals surface area contributed by atoms with Gasteiger partial charge in [0.05, 0.1) is 0 Å². The van der Waals surface area contributed by atoms with Crippen molar-refractivity contribution in [3.63, 3.8) is 0 Å². The summed E-state index contributed by atoms with van der Waals surface area (Å²) in [5.41, 5.74) is 0.260. The number of rotatable bonds is 0. The van der Waals surface area contributed by atoms with E-state index in [0.717, 1.165) is 6.42 Å². The lowest BCUT2D eigenvalue weighted by Crippen LogP contribution is -2.17. The highest BCUT2D eigenvalue weighted by atomic mass is 16.1. The van der Waals surface area contributed by atoms with Crippen molar-refractivity contribution in [3.8, 4) is 0 Å². The molecule has 0 N–H and O–H groups in total. The molecule has 2 aliphatic carbocycles. The van der Waals surface area contributed by atoms with Gasteiger partial charge in [0.2, 0.25) is 0 Å². The van der Waals surface area contributed by atoms with Gasteiger partial charge in [-0.3, -0.25) is 4.79 Å². The van der Waals surface area contributed by atoms with Crippen LogP contribution in [0.2, 0.25) is 0 Å². The summed E-state index contributed by atoms with van der Waals surface area (Å²) in [5, 5.41) is 0. The number of hydrogen-bond acceptors (Lipinski definition) is 1. The van der Waals surface area contributed by atoms with Crippen LogP contribution in [0.5, 0.6) is 0 Å². The largest absolute Gasteiger partial charge is 0.295 e. The molecule has 96 valence electrons. The lowest BCUT2D eigenvalue weighted by molar-refractivity contribution is -0.115. The highest BCUT2D eigenvalue weighted by Gasteiger charge is 2.32. The van der Waals surface area contributed by atoms with E-state index in [2.05, 4.69) is 6.08 Å². The molecule has 2 rings (SSSR count). The summed E-state index contributed by atoms with van der Waals surface area (Å²) in [6.07, 6.45) is 19.8. The van der Waals surface area contributed by atoms with Gasteiger partial charge in [0.25, 0.3) is 0 Å². The molecule has 1 saturated carbocycles. The standard InChI is InChI=1S/C16H26O/c17-15-10-13-16(14-15)11-8-6-4-2-1-3-5-7-9-12-16/h10,13H,1-9,11-12,14H2. The summed E-state index contributed by atoms with van der Waals surface area (Å²) in [4.78, 5) is 11.5. The van der Waals surface area contributed by atoms with Crippen molar-refractivity contribution in [1.82, 2.24) is 0 Å². The second kappa shape index (κ2) is 6.37. The molecular weight excluding hydrogens is 208 g/mol. The number of ketones is 1. The Hall–Kier alpha value is -0.590. The van der Waals surface area contributed by atoms with Crippen molar-refractivity contribution >= 4 is 5.78 Å². The van der Waals surface area contributed by atoms with Crippen LogP contribution in [0.3, 0.4) is 0 Å². The van der Waals surface area contributed by atoms with Crippen LogP contribution in [0, 0.1) is 5.41 Å². The average Bonchev–Trinajstić information content (AvgIpc) is 2.66. The molecule has 0 aromatic carbocycles. The smallest absolute Gasteiger partial charge is 0.156 e. The van der Waals surface area contributed by atoms with Crippen LogP contribution in [-0.2, 0) is 4.79 Å². The summed E-state index contributed by atoms with van der Waals surface area (Å²) in [6.45, 7) is 0. The van der Waals surface area contributed by atoms with Crippen LogP contribution in [0.25, 0.3) is 0 Å². The van der Waals surface area contributed by atoms with E-state index >= 15 is 0 Å². The van der Waals surface area contributed by atoms with Crippen LogP contribution in [-0.4, -0.2) is 5.78 Å². The van der Waals surface area contributed by atoms with Crippen LogP contribution in [0.4, 0.5) is 0 Å². The Labute approximate surface area is 106 Å². The Kier molecular flexibility index (Phi) is 4.82. The lowest BCUT2D eigenvalue weighted by atomic mass is 9.77. The van der Waals surface area contributed by atoms with E-state index in [1.165, 1.54) is 70.6 Å². The van der Waals surface area contributed by atoms with Gasteiger partial charge in [0.1, 0.15) is 0 Å². The Balaban J connectivity index is 1.89.